The molecule has 0 spiro atoms. The van der Waals surface area contributed by atoms with Gasteiger partial charge < -0.3 is 52.3 Å². The van der Waals surface area contributed by atoms with E-state index in [1.54, 1.807) is 23.1 Å². The van der Waals surface area contributed by atoms with Crippen LogP contribution in [-0.2, 0) is 47.6 Å². The predicted octanol–water partition coefficient (Wildman–Crippen LogP) is 2.09. The molecule has 57 heavy (non-hydrogen) atoms. The van der Waals surface area contributed by atoms with Crippen molar-refractivity contribution in [2.45, 2.75) is 76.8 Å². The van der Waals surface area contributed by atoms with Gasteiger partial charge in [0.15, 0.2) is 41.0 Å². The standard InChI is InChI=1S/C39H44N2O16/c1-19(42)50-17-31-35(53-20(2)43)36(54-21(3)44)37(55-22(4)45)39(57-31)56-30-16-26-23(13-27(30)48-5)32-33(24-14-28-29(52-18-51-28)15-25(24)34(32)46)41(38(26)47)8-6-7-40-9-11-49-12-10-40/h13-16,31-33,35-37,39H,6-12,17-18H2,1-5H3/t31-,32?,33?,35+,36+,37-,39-/m1/s1. The Morgan fingerprint density at radius 3 is 2.09 bits per heavy atom. The van der Waals surface area contributed by atoms with Crippen molar-refractivity contribution in [1.82, 2.24) is 9.80 Å². The van der Waals surface area contributed by atoms with Gasteiger partial charge in [-0.25, -0.2) is 0 Å². The first kappa shape index (κ1) is 39.8. The molecule has 0 saturated carbocycles. The summed E-state index contributed by atoms with van der Waals surface area (Å²) >= 11 is 0. The first-order valence-electron chi connectivity index (χ1n) is 18.6. The third-order valence-electron chi connectivity index (χ3n) is 10.4. The number of ketones is 1. The van der Waals surface area contributed by atoms with Gasteiger partial charge in [0, 0.05) is 65.0 Å². The second-order valence-corrected chi connectivity index (χ2v) is 14.2. The van der Waals surface area contributed by atoms with Crippen molar-refractivity contribution in [1.29, 1.82) is 0 Å². The summed E-state index contributed by atoms with van der Waals surface area (Å²) in [6.45, 7) is 7.86. The highest BCUT2D eigenvalue weighted by molar-refractivity contribution is 6.11. The lowest BCUT2D eigenvalue weighted by atomic mass is 9.82. The number of fused-ring (bicyclic) bond motifs is 6. The molecule has 18 heteroatoms. The summed E-state index contributed by atoms with van der Waals surface area (Å²) in [5.74, 6) is -3.53. The minimum atomic E-state index is -1.60. The van der Waals surface area contributed by atoms with Gasteiger partial charge in [-0.3, -0.25) is 33.7 Å². The lowest BCUT2D eigenvalue weighted by Crippen LogP contribution is -2.63. The molecule has 306 valence electrons. The van der Waals surface area contributed by atoms with Crippen molar-refractivity contribution in [3.05, 3.63) is 46.5 Å². The molecule has 7 atom stereocenters. The smallest absolute Gasteiger partial charge is 0.303 e. The van der Waals surface area contributed by atoms with Crippen LogP contribution in [0.3, 0.4) is 0 Å². The summed E-state index contributed by atoms with van der Waals surface area (Å²) in [5.41, 5.74) is 1.63. The first-order valence-corrected chi connectivity index (χ1v) is 18.6. The van der Waals surface area contributed by atoms with Gasteiger partial charge in [-0.05, 0) is 41.8 Å². The Kier molecular flexibility index (Phi) is 11.6. The molecule has 1 aliphatic carbocycles. The van der Waals surface area contributed by atoms with Gasteiger partial charge in [0.05, 0.1) is 32.3 Å². The molecule has 4 heterocycles. The molecule has 0 N–H and O–H groups in total. The molecule has 0 bridgehead atoms. The highest BCUT2D eigenvalue weighted by Gasteiger charge is 2.55. The Balaban J connectivity index is 1.27. The van der Waals surface area contributed by atoms with E-state index in [-0.39, 0.29) is 35.5 Å². The predicted molar refractivity (Wildman–Crippen MR) is 191 cm³/mol. The van der Waals surface area contributed by atoms with E-state index in [9.17, 15) is 28.8 Å². The second-order valence-electron chi connectivity index (χ2n) is 14.2. The summed E-state index contributed by atoms with van der Waals surface area (Å²) in [4.78, 5) is 82.0. The Hall–Kier alpha value is -5.46. The molecule has 2 unspecified atom stereocenters. The zero-order valence-electron chi connectivity index (χ0n) is 32.1. The van der Waals surface area contributed by atoms with E-state index in [2.05, 4.69) is 4.90 Å². The van der Waals surface area contributed by atoms with Gasteiger partial charge in [0.1, 0.15) is 12.7 Å². The largest absolute Gasteiger partial charge is 0.493 e. The number of hydrogen-bond acceptors (Lipinski definition) is 17. The van der Waals surface area contributed by atoms with Crippen molar-refractivity contribution < 1.29 is 76.1 Å². The van der Waals surface area contributed by atoms with Gasteiger partial charge in [0.2, 0.25) is 19.2 Å². The fraction of sp³-hybridized carbons (Fsp3) is 0.538. The van der Waals surface area contributed by atoms with Crippen LogP contribution in [0.1, 0.15) is 77.9 Å². The van der Waals surface area contributed by atoms with E-state index in [0.29, 0.717) is 60.9 Å². The summed E-state index contributed by atoms with van der Waals surface area (Å²) in [6, 6.07) is 5.77. The number of carbonyl (C=O) groups is 6. The molecule has 2 aromatic rings. The van der Waals surface area contributed by atoms with E-state index >= 15 is 0 Å². The molecule has 18 nitrogen and oxygen atoms in total. The number of carbonyl (C=O) groups excluding carboxylic acids is 6. The quantitative estimate of drug-likeness (QED) is 0.223. The number of Topliss-reactive ketones (excluding diaryl/α,β-unsaturated/α-hetero) is 1. The summed E-state index contributed by atoms with van der Waals surface area (Å²) in [6.07, 6.45) is -6.71. The molecule has 1 amide bonds. The van der Waals surface area contributed by atoms with Crippen molar-refractivity contribution in [3.8, 4) is 23.0 Å². The number of rotatable bonds is 12. The molecule has 7 rings (SSSR count). The van der Waals surface area contributed by atoms with Crippen molar-refractivity contribution in [3.63, 3.8) is 0 Å². The van der Waals surface area contributed by atoms with Crippen LogP contribution >= 0.6 is 0 Å². The molecule has 2 saturated heterocycles. The lowest BCUT2D eigenvalue weighted by molar-refractivity contribution is -0.288. The SMILES string of the molecule is COc1cc2c(cc1O[C@@H]1O[C@H](COC(C)=O)[C@H](OC(C)=O)[C@H](OC(C)=O)[C@H]1OC(C)=O)C(=O)N(CCCN1CCOCC1)C1c3cc4c(cc3C(=O)C21)OCO4. The maximum atomic E-state index is 14.7. The Morgan fingerprint density at radius 1 is 0.754 bits per heavy atom. The van der Waals surface area contributed by atoms with Crippen LogP contribution in [-0.4, -0.2) is 136 Å². The number of morpholine rings is 1. The number of esters is 4. The topological polar surface area (TPSA) is 201 Å². The van der Waals surface area contributed by atoms with Crippen LogP contribution in [0.15, 0.2) is 24.3 Å². The molecular formula is C39H44N2O16. The highest BCUT2D eigenvalue weighted by atomic mass is 16.7. The number of benzene rings is 2. The van der Waals surface area contributed by atoms with Crippen LogP contribution in [0.25, 0.3) is 0 Å². The fourth-order valence-electron chi connectivity index (χ4n) is 8.06. The Bertz CT molecular complexity index is 1940. The average molecular weight is 797 g/mol. The molecule has 2 aromatic carbocycles. The van der Waals surface area contributed by atoms with E-state index in [1.807, 2.05) is 0 Å². The van der Waals surface area contributed by atoms with Gasteiger partial charge in [0.25, 0.3) is 5.91 Å². The van der Waals surface area contributed by atoms with Crippen LogP contribution < -0.4 is 18.9 Å². The van der Waals surface area contributed by atoms with Crippen molar-refractivity contribution in [2.75, 3.05) is 59.9 Å². The zero-order valence-corrected chi connectivity index (χ0v) is 32.1. The van der Waals surface area contributed by atoms with Crippen LogP contribution in [0.4, 0.5) is 0 Å². The molecule has 0 radical (unpaired) electrons. The summed E-state index contributed by atoms with van der Waals surface area (Å²) in [7, 11) is 1.37. The van der Waals surface area contributed by atoms with Crippen LogP contribution in [0.5, 0.6) is 23.0 Å². The fourth-order valence-corrected chi connectivity index (χ4v) is 8.06. The lowest BCUT2D eigenvalue weighted by Gasteiger charge is -2.44. The number of ether oxygens (including phenoxy) is 10. The maximum absolute atomic E-state index is 14.7. The first-order chi connectivity index (χ1) is 27.3. The molecule has 4 aliphatic heterocycles. The molecular weight excluding hydrogens is 752 g/mol. The minimum absolute atomic E-state index is 0.0189. The van der Waals surface area contributed by atoms with Gasteiger partial charge >= 0.3 is 23.9 Å². The molecule has 0 aromatic heterocycles. The molecule has 5 aliphatic rings. The van der Waals surface area contributed by atoms with Gasteiger partial charge in [-0.1, -0.05) is 0 Å². The third-order valence-corrected chi connectivity index (χ3v) is 10.4. The second kappa shape index (κ2) is 16.6. The van der Waals surface area contributed by atoms with Gasteiger partial charge in [-0.2, -0.15) is 0 Å². The number of methoxy groups -OCH3 is 1. The van der Waals surface area contributed by atoms with E-state index < -0.39 is 73.1 Å². The van der Waals surface area contributed by atoms with E-state index in [4.69, 9.17) is 47.4 Å². The maximum Gasteiger partial charge on any atom is 0.303 e. The summed E-state index contributed by atoms with van der Waals surface area (Å²) < 4.78 is 56.8. The van der Waals surface area contributed by atoms with Crippen molar-refractivity contribution in [2.24, 2.45) is 0 Å². The Labute approximate surface area is 327 Å². The molecule has 2 fully saturated rings. The minimum Gasteiger partial charge on any atom is -0.493 e. The van der Waals surface area contributed by atoms with Crippen LogP contribution in [0.2, 0.25) is 0 Å². The van der Waals surface area contributed by atoms with E-state index in [0.717, 1.165) is 40.8 Å². The van der Waals surface area contributed by atoms with Gasteiger partial charge in [-0.15, -0.1) is 0 Å². The van der Waals surface area contributed by atoms with Crippen LogP contribution in [0, 0.1) is 0 Å². The average Bonchev–Trinajstić information content (AvgIpc) is 3.74. The highest BCUT2D eigenvalue weighted by Crippen LogP contribution is 2.54. The third kappa shape index (κ3) is 8.06. The normalized spacial score (nSPS) is 26.1. The van der Waals surface area contributed by atoms with Crippen molar-refractivity contribution >= 4 is 35.6 Å². The van der Waals surface area contributed by atoms with E-state index in [1.165, 1.54) is 13.2 Å². The number of amides is 1. The monoisotopic (exact) mass is 796 g/mol. The Morgan fingerprint density at radius 2 is 1.42 bits per heavy atom. The number of nitrogens with zero attached hydrogens (tertiary/aromatic N) is 2. The number of hydrogen-bond donors (Lipinski definition) is 0. The summed E-state index contributed by atoms with van der Waals surface area (Å²) in [5, 5.41) is 0. The zero-order chi connectivity index (χ0) is 40.5.